The van der Waals surface area contributed by atoms with Crippen molar-refractivity contribution in [3.05, 3.63) is 30.7 Å². The van der Waals surface area contributed by atoms with Crippen LogP contribution >= 0.6 is 0 Å². The van der Waals surface area contributed by atoms with Gasteiger partial charge in [-0.3, -0.25) is 4.79 Å². The molecule has 0 radical (unpaired) electrons. The molecule has 1 aliphatic heterocycles. The van der Waals surface area contributed by atoms with E-state index >= 15 is 0 Å². The van der Waals surface area contributed by atoms with E-state index in [1.54, 1.807) is 12.5 Å². The standard InChI is InChI=1S/C15H20N4O/c20-15(12-3-1-2-4-12)19-9-6-13(7-10-19)18-14-5-8-16-11-17-14/h1-2,5,8,11-13H,3-4,6-7,9-10H2,(H,16,17,18). The fourth-order valence-electron chi connectivity index (χ4n) is 2.91. The fourth-order valence-corrected chi connectivity index (χ4v) is 2.91. The van der Waals surface area contributed by atoms with Crippen molar-refractivity contribution in [3.8, 4) is 0 Å². The lowest BCUT2D eigenvalue weighted by atomic mass is 10.0. The molecule has 20 heavy (non-hydrogen) atoms. The van der Waals surface area contributed by atoms with Crippen LogP contribution in [0.3, 0.4) is 0 Å². The Morgan fingerprint density at radius 3 is 2.65 bits per heavy atom. The van der Waals surface area contributed by atoms with E-state index in [1.807, 2.05) is 11.0 Å². The summed E-state index contributed by atoms with van der Waals surface area (Å²) in [5, 5.41) is 3.41. The maximum atomic E-state index is 12.3. The van der Waals surface area contributed by atoms with Gasteiger partial charge in [0.05, 0.1) is 0 Å². The molecule has 2 heterocycles. The van der Waals surface area contributed by atoms with Gasteiger partial charge in [-0.25, -0.2) is 9.97 Å². The van der Waals surface area contributed by atoms with Gasteiger partial charge in [0.1, 0.15) is 12.1 Å². The van der Waals surface area contributed by atoms with Gasteiger partial charge in [0, 0.05) is 31.2 Å². The molecule has 0 aromatic carbocycles. The topological polar surface area (TPSA) is 58.1 Å². The summed E-state index contributed by atoms with van der Waals surface area (Å²) in [6, 6.07) is 2.28. The number of nitrogens with one attached hydrogen (secondary N) is 1. The molecule has 0 saturated carbocycles. The van der Waals surface area contributed by atoms with E-state index in [1.165, 1.54) is 0 Å². The van der Waals surface area contributed by atoms with Crippen molar-refractivity contribution < 1.29 is 4.79 Å². The van der Waals surface area contributed by atoms with Gasteiger partial charge < -0.3 is 10.2 Å². The third-order valence-corrected chi connectivity index (χ3v) is 4.10. The first-order valence-corrected chi connectivity index (χ1v) is 7.29. The Morgan fingerprint density at radius 1 is 1.25 bits per heavy atom. The lowest BCUT2D eigenvalue weighted by Crippen LogP contribution is -2.44. The quantitative estimate of drug-likeness (QED) is 0.853. The highest BCUT2D eigenvalue weighted by Crippen LogP contribution is 2.23. The normalized spacial score (nSPS) is 20.3. The molecule has 1 aromatic rings. The minimum Gasteiger partial charge on any atom is -0.367 e. The summed E-state index contributed by atoms with van der Waals surface area (Å²) in [6.07, 6.45) is 11.3. The van der Waals surface area contributed by atoms with Crippen molar-refractivity contribution in [2.75, 3.05) is 18.4 Å². The number of anilines is 1. The molecule has 1 amide bonds. The number of rotatable bonds is 3. The summed E-state index contributed by atoms with van der Waals surface area (Å²) in [5.41, 5.74) is 0. The van der Waals surface area contributed by atoms with Crippen LogP contribution in [-0.4, -0.2) is 39.9 Å². The highest BCUT2D eigenvalue weighted by molar-refractivity contribution is 5.79. The van der Waals surface area contributed by atoms with Crippen LogP contribution in [0.5, 0.6) is 0 Å². The van der Waals surface area contributed by atoms with Gasteiger partial charge in [0.15, 0.2) is 0 Å². The predicted octanol–water partition coefficient (Wildman–Crippen LogP) is 1.85. The summed E-state index contributed by atoms with van der Waals surface area (Å²) in [5.74, 6) is 1.39. The minimum absolute atomic E-state index is 0.196. The first-order valence-electron chi connectivity index (χ1n) is 7.29. The third-order valence-electron chi connectivity index (χ3n) is 4.10. The Balaban J connectivity index is 1.48. The number of nitrogens with zero attached hydrogens (tertiary/aromatic N) is 3. The maximum Gasteiger partial charge on any atom is 0.226 e. The van der Waals surface area contributed by atoms with Gasteiger partial charge in [-0.15, -0.1) is 0 Å². The van der Waals surface area contributed by atoms with Crippen molar-refractivity contribution in [1.29, 1.82) is 0 Å². The summed E-state index contributed by atoms with van der Waals surface area (Å²) in [7, 11) is 0. The van der Waals surface area contributed by atoms with E-state index in [9.17, 15) is 4.79 Å². The van der Waals surface area contributed by atoms with Gasteiger partial charge in [-0.05, 0) is 31.7 Å². The highest BCUT2D eigenvalue weighted by Gasteiger charge is 2.28. The second kappa shape index (κ2) is 6.03. The van der Waals surface area contributed by atoms with Crippen LogP contribution < -0.4 is 5.32 Å². The largest absolute Gasteiger partial charge is 0.367 e. The fraction of sp³-hybridized carbons (Fsp3) is 0.533. The van der Waals surface area contributed by atoms with Crippen LogP contribution in [0.2, 0.25) is 0 Å². The number of aromatic nitrogens is 2. The number of hydrogen-bond donors (Lipinski definition) is 1. The summed E-state index contributed by atoms with van der Waals surface area (Å²) < 4.78 is 0. The van der Waals surface area contributed by atoms with Gasteiger partial charge in [-0.1, -0.05) is 12.2 Å². The molecule has 0 spiro atoms. The SMILES string of the molecule is O=C(C1CC=CC1)N1CCC(Nc2ccncn2)CC1. The molecule has 2 aliphatic rings. The van der Waals surface area contributed by atoms with Crippen molar-refractivity contribution in [3.63, 3.8) is 0 Å². The van der Waals surface area contributed by atoms with Crippen LogP contribution in [-0.2, 0) is 4.79 Å². The molecule has 5 nitrogen and oxygen atoms in total. The average Bonchev–Trinajstić information content (AvgIpc) is 3.03. The van der Waals surface area contributed by atoms with E-state index in [-0.39, 0.29) is 5.92 Å². The number of amides is 1. The van der Waals surface area contributed by atoms with Crippen LogP contribution in [0.15, 0.2) is 30.7 Å². The number of carbonyl (C=O) groups is 1. The molecule has 1 aliphatic carbocycles. The summed E-state index contributed by atoms with van der Waals surface area (Å²) >= 11 is 0. The average molecular weight is 272 g/mol. The highest BCUT2D eigenvalue weighted by atomic mass is 16.2. The zero-order valence-corrected chi connectivity index (χ0v) is 11.5. The van der Waals surface area contributed by atoms with Gasteiger partial charge in [0.2, 0.25) is 5.91 Å². The first kappa shape index (κ1) is 13.1. The zero-order valence-electron chi connectivity index (χ0n) is 11.5. The molecule has 106 valence electrons. The Kier molecular flexibility index (Phi) is 3.95. The molecule has 1 fully saturated rings. The molecule has 0 bridgehead atoms. The monoisotopic (exact) mass is 272 g/mol. The molecule has 0 unspecified atom stereocenters. The lowest BCUT2D eigenvalue weighted by Gasteiger charge is -2.34. The molecule has 1 N–H and O–H groups in total. The van der Waals surface area contributed by atoms with E-state index in [0.29, 0.717) is 11.9 Å². The molecule has 5 heteroatoms. The Hall–Kier alpha value is -1.91. The van der Waals surface area contributed by atoms with E-state index in [4.69, 9.17) is 0 Å². The van der Waals surface area contributed by atoms with Gasteiger partial charge >= 0.3 is 0 Å². The maximum absolute atomic E-state index is 12.3. The second-order valence-corrected chi connectivity index (χ2v) is 5.48. The summed E-state index contributed by atoms with van der Waals surface area (Å²) in [6.45, 7) is 1.69. The van der Waals surface area contributed by atoms with E-state index < -0.39 is 0 Å². The van der Waals surface area contributed by atoms with Gasteiger partial charge in [-0.2, -0.15) is 0 Å². The van der Waals surface area contributed by atoms with Crippen LogP contribution in [0, 0.1) is 5.92 Å². The molecule has 3 rings (SSSR count). The first-order chi connectivity index (χ1) is 9.83. The Morgan fingerprint density at radius 2 is 2.00 bits per heavy atom. The number of piperidine rings is 1. The number of carbonyl (C=O) groups excluding carboxylic acids is 1. The van der Waals surface area contributed by atoms with Crippen LogP contribution in [0.25, 0.3) is 0 Å². The van der Waals surface area contributed by atoms with E-state index in [0.717, 1.165) is 44.6 Å². The van der Waals surface area contributed by atoms with Crippen molar-refractivity contribution in [1.82, 2.24) is 14.9 Å². The molecule has 1 aromatic heterocycles. The van der Waals surface area contributed by atoms with Crippen molar-refractivity contribution >= 4 is 11.7 Å². The zero-order chi connectivity index (χ0) is 13.8. The van der Waals surface area contributed by atoms with Crippen LogP contribution in [0.4, 0.5) is 5.82 Å². The third kappa shape index (κ3) is 2.98. The minimum atomic E-state index is 0.196. The molecule has 1 saturated heterocycles. The number of hydrogen-bond acceptors (Lipinski definition) is 4. The van der Waals surface area contributed by atoms with Crippen molar-refractivity contribution in [2.45, 2.75) is 31.7 Å². The molecular formula is C15H20N4O. The summed E-state index contributed by atoms with van der Waals surface area (Å²) in [4.78, 5) is 22.4. The Bertz CT molecular complexity index is 472. The lowest BCUT2D eigenvalue weighted by molar-refractivity contribution is -0.136. The molecule has 0 atom stereocenters. The van der Waals surface area contributed by atoms with E-state index in [2.05, 4.69) is 27.4 Å². The predicted molar refractivity (Wildman–Crippen MR) is 77.1 cm³/mol. The van der Waals surface area contributed by atoms with Gasteiger partial charge in [0.25, 0.3) is 0 Å². The number of allylic oxidation sites excluding steroid dienone is 2. The van der Waals surface area contributed by atoms with Crippen LogP contribution in [0.1, 0.15) is 25.7 Å². The van der Waals surface area contributed by atoms with Crippen molar-refractivity contribution in [2.24, 2.45) is 5.92 Å². The molecular weight excluding hydrogens is 252 g/mol. The second-order valence-electron chi connectivity index (χ2n) is 5.48. The smallest absolute Gasteiger partial charge is 0.226 e. The Labute approximate surface area is 119 Å². The number of likely N-dealkylation sites (tertiary alicyclic amines) is 1.